The molecule has 42 heavy (non-hydrogen) atoms. The van der Waals surface area contributed by atoms with E-state index in [2.05, 4.69) is 16.0 Å². The molecule has 0 radical (unpaired) electrons. The maximum absolute atomic E-state index is 14.0. The molecule has 4 rings (SSSR count). The van der Waals surface area contributed by atoms with Gasteiger partial charge in [0.15, 0.2) is 0 Å². The molecule has 0 aromatic heterocycles. The van der Waals surface area contributed by atoms with Crippen LogP contribution in [0.2, 0.25) is 10.0 Å². The molecule has 0 aliphatic heterocycles. The number of hydrogen-bond acceptors (Lipinski definition) is 4. The van der Waals surface area contributed by atoms with Gasteiger partial charge in [0.05, 0.1) is 21.0 Å². The fraction of sp³-hybridized carbons (Fsp3) is 0.0938. The van der Waals surface area contributed by atoms with Crippen molar-refractivity contribution in [3.63, 3.8) is 0 Å². The van der Waals surface area contributed by atoms with Crippen molar-refractivity contribution in [1.82, 2.24) is 5.32 Å². The topological polar surface area (TPSA) is 87.3 Å². The summed E-state index contributed by atoms with van der Waals surface area (Å²) in [5, 5.41) is 8.12. The van der Waals surface area contributed by atoms with Crippen LogP contribution in [-0.4, -0.2) is 23.0 Å². The Morgan fingerprint density at radius 2 is 1.60 bits per heavy atom. The highest BCUT2D eigenvalue weighted by Crippen LogP contribution is 2.30. The van der Waals surface area contributed by atoms with Crippen molar-refractivity contribution in [3.05, 3.63) is 130 Å². The fourth-order valence-electron chi connectivity index (χ4n) is 3.84. The van der Waals surface area contributed by atoms with Gasteiger partial charge in [-0.05, 0) is 66.6 Å². The van der Waals surface area contributed by atoms with Crippen LogP contribution in [0.5, 0.6) is 0 Å². The number of para-hydroxylation sites is 1. The molecule has 0 bridgehead atoms. The summed E-state index contributed by atoms with van der Waals surface area (Å²) in [5.41, 5.74) is 1.30. The smallest absolute Gasteiger partial charge is 0.272 e. The average molecular weight is 623 g/mol. The quantitative estimate of drug-likeness (QED) is 0.123. The zero-order chi connectivity index (χ0) is 30.1. The number of benzene rings is 4. The Kier molecular flexibility index (Phi) is 10.8. The minimum Gasteiger partial charge on any atom is -0.323 e. The number of anilines is 2. The Balaban J connectivity index is 1.53. The average Bonchev–Trinajstić information content (AvgIpc) is 2.99. The van der Waals surface area contributed by atoms with Gasteiger partial charge in [0.2, 0.25) is 5.91 Å². The van der Waals surface area contributed by atoms with Gasteiger partial charge in [-0.15, -0.1) is 11.8 Å². The minimum absolute atomic E-state index is 0.0539. The Morgan fingerprint density at radius 1 is 0.881 bits per heavy atom. The van der Waals surface area contributed by atoms with Crippen LogP contribution in [0.1, 0.15) is 29.3 Å². The summed E-state index contributed by atoms with van der Waals surface area (Å²) in [4.78, 5) is 39.9. The Hall–Kier alpha value is -4.11. The van der Waals surface area contributed by atoms with Crippen molar-refractivity contribution < 1.29 is 18.8 Å². The lowest BCUT2D eigenvalue weighted by molar-refractivity contribution is -0.116. The minimum atomic E-state index is -0.596. The van der Waals surface area contributed by atoms with Gasteiger partial charge in [-0.25, -0.2) is 4.39 Å². The molecule has 0 aliphatic carbocycles. The van der Waals surface area contributed by atoms with E-state index in [0.29, 0.717) is 33.2 Å². The summed E-state index contributed by atoms with van der Waals surface area (Å²) in [6.07, 6.45) is 1.93. The van der Waals surface area contributed by atoms with E-state index in [-0.39, 0.29) is 22.3 Å². The summed E-state index contributed by atoms with van der Waals surface area (Å²) in [5.74, 6) is -1.93. The van der Waals surface area contributed by atoms with Crippen LogP contribution in [0.25, 0.3) is 6.08 Å². The van der Waals surface area contributed by atoms with Gasteiger partial charge in [-0.2, -0.15) is 0 Å². The molecule has 0 heterocycles. The predicted octanol–water partition coefficient (Wildman–Crippen LogP) is 8.05. The third kappa shape index (κ3) is 8.22. The standard InChI is InChI=1S/C32H26Cl2FN3O3S/c1-2-28(32(41)37-26-17-7-6-16-25(26)35)42-23-14-9-13-22(19-23)36-31(40)27(18-21-12-8-15-24(33)29(21)34)38-30(39)20-10-4-3-5-11-20/h3-19,28H,2H2,1H3,(H,36,40)(H,37,41)(H,38,39)/b27-18+. The maximum Gasteiger partial charge on any atom is 0.272 e. The molecule has 10 heteroatoms. The molecular formula is C32H26Cl2FN3O3S. The fourth-order valence-corrected chi connectivity index (χ4v) is 5.21. The zero-order valence-corrected chi connectivity index (χ0v) is 24.7. The summed E-state index contributed by atoms with van der Waals surface area (Å²) < 4.78 is 14.0. The molecule has 3 amide bonds. The number of carbonyl (C=O) groups excluding carboxylic acids is 3. The van der Waals surface area contributed by atoms with Gasteiger partial charge >= 0.3 is 0 Å². The van der Waals surface area contributed by atoms with Crippen molar-refractivity contribution in [3.8, 4) is 0 Å². The van der Waals surface area contributed by atoms with Gasteiger partial charge in [0, 0.05) is 16.1 Å². The van der Waals surface area contributed by atoms with Crippen LogP contribution in [0, 0.1) is 5.82 Å². The first-order chi connectivity index (χ1) is 20.2. The van der Waals surface area contributed by atoms with E-state index < -0.39 is 22.9 Å². The van der Waals surface area contributed by atoms with Crippen LogP contribution in [0.3, 0.4) is 0 Å². The highest BCUT2D eigenvalue weighted by Gasteiger charge is 2.20. The highest BCUT2D eigenvalue weighted by molar-refractivity contribution is 8.00. The maximum atomic E-state index is 14.0. The van der Waals surface area contributed by atoms with Crippen molar-refractivity contribution in [1.29, 1.82) is 0 Å². The van der Waals surface area contributed by atoms with E-state index in [1.807, 2.05) is 6.92 Å². The Bertz CT molecular complexity index is 1630. The van der Waals surface area contributed by atoms with Crippen molar-refractivity contribution in [2.75, 3.05) is 10.6 Å². The molecule has 0 fully saturated rings. The first kappa shape index (κ1) is 30.8. The van der Waals surface area contributed by atoms with Crippen LogP contribution in [-0.2, 0) is 9.59 Å². The lowest BCUT2D eigenvalue weighted by atomic mass is 10.1. The second-order valence-corrected chi connectivity index (χ2v) is 11.0. The summed E-state index contributed by atoms with van der Waals surface area (Å²) in [6.45, 7) is 1.86. The second kappa shape index (κ2) is 14.7. The number of halogens is 3. The number of nitrogens with one attached hydrogen (secondary N) is 3. The molecule has 6 nitrogen and oxygen atoms in total. The largest absolute Gasteiger partial charge is 0.323 e. The second-order valence-electron chi connectivity index (χ2n) is 8.99. The van der Waals surface area contributed by atoms with Crippen LogP contribution >= 0.6 is 35.0 Å². The van der Waals surface area contributed by atoms with Gasteiger partial charge < -0.3 is 16.0 Å². The molecule has 0 saturated heterocycles. The van der Waals surface area contributed by atoms with E-state index in [1.54, 1.807) is 84.9 Å². The van der Waals surface area contributed by atoms with Crippen LogP contribution in [0.4, 0.5) is 15.8 Å². The number of rotatable bonds is 10. The van der Waals surface area contributed by atoms with E-state index in [9.17, 15) is 18.8 Å². The summed E-state index contributed by atoms with van der Waals surface area (Å²) >= 11 is 13.8. The highest BCUT2D eigenvalue weighted by atomic mass is 35.5. The van der Waals surface area contributed by atoms with E-state index in [1.165, 1.54) is 30.0 Å². The lowest BCUT2D eigenvalue weighted by Crippen LogP contribution is -2.30. The Labute approximate surface area is 257 Å². The molecule has 4 aromatic rings. The number of amides is 3. The van der Waals surface area contributed by atoms with Gasteiger partial charge in [-0.1, -0.05) is 78.7 Å². The number of hydrogen-bond donors (Lipinski definition) is 3. The van der Waals surface area contributed by atoms with Crippen molar-refractivity contribution in [2.24, 2.45) is 0 Å². The first-order valence-electron chi connectivity index (χ1n) is 12.9. The van der Waals surface area contributed by atoms with Gasteiger partial charge in [0.1, 0.15) is 11.5 Å². The molecule has 4 aromatic carbocycles. The first-order valence-corrected chi connectivity index (χ1v) is 14.5. The summed E-state index contributed by atoms with van der Waals surface area (Å²) in [6, 6.07) is 26.4. The van der Waals surface area contributed by atoms with Crippen LogP contribution < -0.4 is 16.0 Å². The van der Waals surface area contributed by atoms with Crippen LogP contribution in [0.15, 0.2) is 108 Å². The zero-order valence-electron chi connectivity index (χ0n) is 22.4. The molecule has 1 unspecified atom stereocenters. The predicted molar refractivity (Wildman–Crippen MR) is 168 cm³/mol. The molecule has 1 atom stereocenters. The molecular weight excluding hydrogens is 596 g/mol. The molecule has 3 N–H and O–H groups in total. The molecule has 0 spiro atoms. The molecule has 0 saturated carbocycles. The van der Waals surface area contributed by atoms with Gasteiger partial charge in [0.25, 0.3) is 11.8 Å². The normalized spacial score (nSPS) is 11.9. The summed E-state index contributed by atoms with van der Waals surface area (Å²) in [7, 11) is 0. The molecule has 0 aliphatic rings. The van der Waals surface area contributed by atoms with E-state index >= 15 is 0 Å². The van der Waals surface area contributed by atoms with E-state index in [4.69, 9.17) is 23.2 Å². The number of carbonyl (C=O) groups is 3. The van der Waals surface area contributed by atoms with Crippen molar-refractivity contribution in [2.45, 2.75) is 23.5 Å². The number of thioether (sulfide) groups is 1. The third-order valence-electron chi connectivity index (χ3n) is 5.98. The van der Waals surface area contributed by atoms with Gasteiger partial charge in [-0.3, -0.25) is 14.4 Å². The van der Waals surface area contributed by atoms with Crippen molar-refractivity contribution >= 4 is 70.1 Å². The third-order valence-corrected chi connectivity index (χ3v) is 8.17. The SMILES string of the molecule is CCC(Sc1cccc(NC(=O)/C(=C\c2cccc(Cl)c2Cl)NC(=O)c2ccccc2)c1)C(=O)Nc1ccccc1F. The Morgan fingerprint density at radius 3 is 2.33 bits per heavy atom. The van der Waals surface area contributed by atoms with E-state index in [0.717, 1.165) is 0 Å². The monoisotopic (exact) mass is 621 g/mol. The molecule has 214 valence electrons. The lowest BCUT2D eigenvalue weighted by Gasteiger charge is -2.16.